The minimum absolute atomic E-state index is 0.0601. The van der Waals surface area contributed by atoms with Gasteiger partial charge in [-0.25, -0.2) is 8.78 Å². The van der Waals surface area contributed by atoms with Crippen LogP contribution in [0.25, 0.3) is 6.08 Å². The summed E-state index contributed by atoms with van der Waals surface area (Å²) in [7, 11) is 1.22. The van der Waals surface area contributed by atoms with Crippen LogP contribution in [-0.2, 0) is 4.79 Å². The van der Waals surface area contributed by atoms with E-state index in [0.29, 0.717) is 17.7 Å². The third kappa shape index (κ3) is 4.49. The first-order valence-electron chi connectivity index (χ1n) is 5.37. The normalized spacial score (nSPS) is 10.9. The fraction of sp³-hybridized carbons (Fsp3) is 0.308. The highest BCUT2D eigenvalue weighted by Gasteiger charge is 2.09. The molecular formula is C13H14F2O2S. The van der Waals surface area contributed by atoms with Crippen molar-refractivity contribution in [2.45, 2.75) is 13.3 Å². The van der Waals surface area contributed by atoms with E-state index in [2.05, 4.69) is 4.74 Å². The number of allylic oxidation sites excluding steroid dienone is 1. The first-order chi connectivity index (χ1) is 8.54. The van der Waals surface area contributed by atoms with Gasteiger partial charge in [-0.1, -0.05) is 23.9 Å². The summed E-state index contributed by atoms with van der Waals surface area (Å²) in [6, 6.07) is 2.41. The van der Waals surface area contributed by atoms with Crippen molar-refractivity contribution < 1.29 is 18.3 Å². The molecular weight excluding hydrogens is 258 g/mol. The van der Waals surface area contributed by atoms with E-state index in [1.165, 1.54) is 37.9 Å². The van der Waals surface area contributed by atoms with Crippen molar-refractivity contribution in [3.8, 4) is 5.75 Å². The molecule has 0 aliphatic heterocycles. The lowest BCUT2D eigenvalue weighted by atomic mass is 10.2. The Morgan fingerprint density at radius 1 is 1.39 bits per heavy atom. The monoisotopic (exact) mass is 272 g/mol. The average Bonchev–Trinajstić information content (AvgIpc) is 2.27. The summed E-state index contributed by atoms with van der Waals surface area (Å²) in [6.45, 7) is 1.50. The van der Waals surface area contributed by atoms with Crippen LogP contribution in [0.2, 0.25) is 0 Å². The van der Waals surface area contributed by atoms with E-state index in [9.17, 15) is 13.6 Å². The van der Waals surface area contributed by atoms with Crippen LogP contribution in [0, 0.1) is 11.6 Å². The van der Waals surface area contributed by atoms with Gasteiger partial charge in [-0.15, -0.1) is 0 Å². The van der Waals surface area contributed by atoms with Gasteiger partial charge in [-0.05, 0) is 24.1 Å². The second-order valence-electron chi connectivity index (χ2n) is 3.55. The van der Waals surface area contributed by atoms with Crippen LogP contribution in [0.15, 0.2) is 18.2 Å². The molecule has 0 fully saturated rings. The van der Waals surface area contributed by atoms with Crippen molar-refractivity contribution >= 4 is 23.0 Å². The summed E-state index contributed by atoms with van der Waals surface area (Å²) in [4.78, 5) is 10.7. The number of thioether (sulfide) groups is 1. The van der Waals surface area contributed by atoms with Gasteiger partial charge in [0.25, 0.3) is 0 Å². The number of rotatable bonds is 5. The lowest BCUT2D eigenvalue weighted by Crippen LogP contribution is -1.93. The predicted molar refractivity (Wildman–Crippen MR) is 69.7 cm³/mol. The number of methoxy groups -OCH3 is 1. The van der Waals surface area contributed by atoms with Gasteiger partial charge < -0.3 is 4.74 Å². The first-order valence-corrected chi connectivity index (χ1v) is 6.36. The van der Waals surface area contributed by atoms with Gasteiger partial charge in [0.2, 0.25) is 0 Å². The van der Waals surface area contributed by atoms with E-state index in [4.69, 9.17) is 0 Å². The van der Waals surface area contributed by atoms with Crippen molar-refractivity contribution in [1.82, 2.24) is 0 Å². The number of ether oxygens (including phenoxy) is 1. The molecule has 5 heteroatoms. The molecule has 0 heterocycles. The maximum Gasteiger partial charge on any atom is 0.190 e. The third-order valence-electron chi connectivity index (χ3n) is 2.12. The smallest absolute Gasteiger partial charge is 0.190 e. The zero-order chi connectivity index (χ0) is 13.5. The zero-order valence-corrected chi connectivity index (χ0v) is 11.0. The Hall–Kier alpha value is -1.36. The predicted octanol–water partition coefficient (Wildman–Crippen LogP) is 3.66. The van der Waals surface area contributed by atoms with E-state index in [-0.39, 0.29) is 10.9 Å². The molecule has 0 radical (unpaired) electrons. The quantitative estimate of drug-likeness (QED) is 0.765. The Balaban J connectivity index is 2.62. The Morgan fingerprint density at radius 3 is 2.50 bits per heavy atom. The molecule has 1 rings (SSSR count). The maximum absolute atomic E-state index is 13.3. The maximum atomic E-state index is 13.3. The summed E-state index contributed by atoms with van der Waals surface area (Å²) in [5.41, 5.74) is 0.429. The molecule has 0 bridgehead atoms. The van der Waals surface area contributed by atoms with Crippen molar-refractivity contribution in [2.24, 2.45) is 0 Å². The van der Waals surface area contributed by atoms with Crippen LogP contribution in [-0.4, -0.2) is 18.0 Å². The largest absolute Gasteiger partial charge is 0.491 e. The fourth-order valence-corrected chi connectivity index (χ4v) is 1.90. The molecule has 0 spiro atoms. The zero-order valence-electron chi connectivity index (χ0n) is 10.2. The summed E-state index contributed by atoms with van der Waals surface area (Å²) in [6.07, 6.45) is 4.06. The summed E-state index contributed by atoms with van der Waals surface area (Å²) in [5, 5.41) is 0.0601. The molecule has 0 unspecified atom stereocenters. The van der Waals surface area contributed by atoms with Gasteiger partial charge in [0.15, 0.2) is 22.5 Å². The minimum Gasteiger partial charge on any atom is -0.491 e. The summed E-state index contributed by atoms with van der Waals surface area (Å²) in [5.74, 6) is -1.17. The third-order valence-corrected chi connectivity index (χ3v) is 2.97. The van der Waals surface area contributed by atoms with Gasteiger partial charge in [0.1, 0.15) is 0 Å². The lowest BCUT2D eigenvalue weighted by Gasteiger charge is -2.04. The summed E-state index contributed by atoms with van der Waals surface area (Å²) >= 11 is 1.22. The van der Waals surface area contributed by atoms with E-state index in [1.54, 1.807) is 12.2 Å². The molecule has 1 aromatic rings. The molecule has 0 aliphatic carbocycles. The van der Waals surface area contributed by atoms with Gasteiger partial charge in [0.05, 0.1) is 7.11 Å². The van der Waals surface area contributed by atoms with E-state index in [1.807, 2.05) is 0 Å². The number of hydrogen-bond donors (Lipinski definition) is 0. The Kier molecular flexibility index (Phi) is 5.85. The van der Waals surface area contributed by atoms with E-state index in [0.717, 1.165) is 0 Å². The molecule has 1 aromatic carbocycles. The van der Waals surface area contributed by atoms with Crippen LogP contribution in [0.5, 0.6) is 5.75 Å². The van der Waals surface area contributed by atoms with Crippen molar-refractivity contribution in [3.63, 3.8) is 0 Å². The average molecular weight is 272 g/mol. The second kappa shape index (κ2) is 7.16. The molecule has 0 saturated carbocycles. The van der Waals surface area contributed by atoms with Crippen molar-refractivity contribution in [1.29, 1.82) is 0 Å². The molecule has 2 nitrogen and oxygen atoms in total. The standard InChI is InChI=1S/C13H14F2O2S/c1-9(16)18-6-4-3-5-10-7-11(14)13(17-2)12(15)8-10/h3,5,7-8H,4,6H2,1-2H3. The number of carbonyl (C=O) groups is 1. The summed E-state index contributed by atoms with van der Waals surface area (Å²) < 4.78 is 31.3. The Bertz CT molecular complexity index is 435. The van der Waals surface area contributed by atoms with E-state index >= 15 is 0 Å². The van der Waals surface area contributed by atoms with Crippen molar-refractivity contribution in [3.05, 3.63) is 35.4 Å². The number of carbonyl (C=O) groups excluding carboxylic acids is 1. The molecule has 98 valence electrons. The molecule has 18 heavy (non-hydrogen) atoms. The van der Waals surface area contributed by atoms with Gasteiger partial charge >= 0.3 is 0 Å². The fourth-order valence-electron chi connectivity index (χ4n) is 1.36. The molecule has 0 aromatic heterocycles. The highest BCUT2D eigenvalue weighted by molar-refractivity contribution is 8.13. The molecule has 0 atom stereocenters. The molecule has 0 aliphatic rings. The molecule has 0 N–H and O–H groups in total. The molecule has 0 amide bonds. The van der Waals surface area contributed by atoms with Gasteiger partial charge in [-0.2, -0.15) is 0 Å². The topological polar surface area (TPSA) is 26.3 Å². The lowest BCUT2D eigenvalue weighted by molar-refractivity contribution is -0.109. The Labute approximate surface area is 109 Å². The van der Waals surface area contributed by atoms with Crippen LogP contribution >= 0.6 is 11.8 Å². The van der Waals surface area contributed by atoms with Crippen molar-refractivity contribution in [2.75, 3.05) is 12.9 Å². The van der Waals surface area contributed by atoms with Crippen LogP contribution in [0.1, 0.15) is 18.9 Å². The molecule has 0 saturated heterocycles. The highest BCUT2D eigenvalue weighted by atomic mass is 32.2. The first kappa shape index (κ1) is 14.7. The Morgan fingerprint density at radius 2 is 2.00 bits per heavy atom. The van der Waals surface area contributed by atoms with E-state index < -0.39 is 11.6 Å². The second-order valence-corrected chi connectivity index (χ2v) is 4.82. The number of benzene rings is 1. The van der Waals surface area contributed by atoms with Crippen LogP contribution in [0.3, 0.4) is 0 Å². The van der Waals surface area contributed by atoms with Crippen LogP contribution < -0.4 is 4.74 Å². The number of hydrogen-bond acceptors (Lipinski definition) is 3. The van der Waals surface area contributed by atoms with Gasteiger partial charge in [-0.3, -0.25) is 4.79 Å². The number of halogens is 2. The minimum atomic E-state index is -0.727. The van der Waals surface area contributed by atoms with Crippen LogP contribution in [0.4, 0.5) is 8.78 Å². The SMILES string of the molecule is COc1c(F)cc(C=CCCSC(C)=O)cc1F. The van der Waals surface area contributed by atoms with Gasteiger partial charge in [0, 0.05) is 12.7 Å². The highest BCUT2D eigenvalue weighted by Crippen LogP contribution is 2.23.